The van der Waals surface area contributed by atoms with Gasteiger partial charge in [-0.1, -0.05) is 110 Å². The Morgan fingerprint density at radius 1 is 0.816 bits per heavy atom. The van der Waals surface area contributed by atoms with Crippen LogP contribution in [0, 0.1) is 5.41 Å². The fourth-order valence-electron chi connectivity index (χ4n) is 5.11. The van der Waals surface area contributed by atoms with Crippen molar-refractivity contribution in [1.82, 2.24) is 10.6 Å². The minimum absolute atomic E-state index is 0.0812. The van der Waals surface area contributed by atoms with Crippen LogP contribution in [-0.2, 0) is 9.59 Å². The van der Waals surface area contributed by atoms with Gasteiger partial charge in [-0.2, -0.15) is 0 Å². The lowest BCUT2D eigenvalue weighted by Gasteiger charge is -2.18. The second-order valence-electron chi connectivity index (χ2n) is 12.1. The Balaban J connectivity index is 1.99. The molecule has 0 aromatic carbocycles. The van der Waals surface area contributed by atoms with Crippen molar-refractivity contribution in [3.63, 3.8) is 0 Å². The number of carboxylic acids is 1. The molecule has 6 heteroatoms. The predicted molar refractivity (Wildman–Crippen MR) is 160 cm³/mol. The highest BCUT2D eigenvalue weighted by Gasteiger charge is 2.42. The molecular weight excluding hydrogens is 474 g/mol. The van der Waals surface area contributed by atoms with Crippen LogP contribution in [0.5, 0.6) is 0 Å². The lowest BCUT2D eigenvalue weighted by Crippen LogP contribution is -2.37. The van der Waals surface area contributed by atoms with Gasteiger partial charge in [0.2, 0.25) is 5.91 Å². The Morgan fingerprint density at radius 2 is 1.34 bits per heavy atom. The van der Waals surface area contributed by atoms with E-state index in [9.17, 15) is 14.7 Å². The second kappa shape index (κ2) is 21.3. The molecule has 0 heterocycles. The molecule has 0 saturated heterocycles. The standard InChI is InChI=1S/C32H61N3O3/c1-4-5-6-7-8-9-10-11-12-13-14-15-17-20-27(2)35-28(31(37)38)22-23-30(36)34-26-19-16-18-21-29(33)32(3)24-25-32/h28-29,35H,2,4-26,33H2,1,3H3,(H,34,36)(H,37,38). The second-order valence-corrected chi connectivity index (χ2v) is 12.1. The fraction of sp³-hybridized carbons (Fsp3) is 0.875. The highest BCUT2D eigenvalue weighted by molar-refractivity contribution is 5.78. The summed E-state index contributed by atoms with van der Waals surface area (Å²) in [5.41, 5.74) is 7.39. The Hall–Kier alpha value is -1.56. The van der Waals surface area contributed by atoms with E-state index < -0.39 is 12.0 Å². The predicted octanol–water partition coefficient (Wildman–Crippen LogP) is 7.61. The highest BCUT2D eigenvalue weighted by atomic mass is 16.4. The molecule has 1 amide bonds. The summed E-state index contributed by atoms with van der Waals surface area (Å²) in [5, 5.41) is 15.5. The van der Waals surface area contributed by atoms with Gasteiger partial charge in [0.15, 0.2) is 0 Å². The van der Waals surface area contributed by atoms with Crippen LogP contribution >= 0.6 is 0 Å². The van der Waals surface area contributed by atoms with E-state index in [1.54, 1.807) is 0 Å². The molecule has 2 atom stereocenters. The van der Waals surface area contributed by atoms with Crippen LogP contribution in [0.25, 0.3) is 0 Å². The maximum Gasteiger partial charge on any atom is 0.326 e. The maximum absolute atomic E-state index is 12.2. The fourth-order valence-corrected chi connectivity index (χ4v) is 5.11. The number of hydrogen-bond acceptors (Lipinski definition) is 4. The average Bonchev–Trinajstić information content (AvgIpc) is 3.64. The molecule has 2 unspecified atom stereocenters. The number of hydrogen-bond donors (Lipinski definition) is 4. The zero-order valence-corrected chi connectivity index (χ0v) is 25.0. The minimum atomic E-state index is -0.926. The number of allylic oxidation sites excluding steroid dienone is 1. The Labute approximate surface area is 234 Å². The number of carboxylic acid groups (broad SMARTS) is 1. The first-order valence-corrected chi connectivity index (χ1v) is 16.0. The Morgan fingerprint density at radius 3 is 1.87 bits per heavy atom. The summed E-state index contributed by atoms with van der Waals surface area (Å²) in [4.78, 5) is 23.8. The van der Waals surface area contributed by atoms with Gasteiger partial charge < -0.3 is 21.5 Å². The van der Waals surface area contributed by atoms with Crippen molar-refractivity contribution in [2.75, 3.05) is 6.54 Å². The SMILES string of the molecule is C=C(CCCCCCCCCCCCCCC)NC(CCC(=O)NCCCCCC(N)C1(C)CC1)C(=O)O. The molecule has 1 rings (SSSR count). The van der Waals surface area contributed by atoms with E-state index in [1.807, 2.05) is 0 Å². The molecule has 5 N–H and O–H groups in total. The number of rotatable bonds is 27. The molecule has 1 fully saturated rings. The third-order valence-electron chi connectivity index (χ3n) is 8.37. The van der Waals surface area contributed by atoms with Crippen LogP contribution in [-0.4, -0.2) is 35.6 Å². The van der Waals surface area contributed by atoms with Gasteiger partial charge in [0.05, 0.1) is 0 Å². The summed E-state index contributed by atoms with van der Waals surface area (Å²) in [6.07, 6.45) is 25.0. The zero-order valence-electron chi connectivity index (χ0n) is 25.0. The van der Waals surface area contributed by atoms with Gasteiger partial charge in [0, 0.05) is 24.7 Å². The van der Waals surface area contributed by atoms with Crippen molar-refractivity contribution in [3.8, 4) is 0 Å². The summed E-state index contributed by atoms with van der Waals surface area (Å²) < 4.78 is 0. The van der Waals surface area contributed by atoms with Crippen molar-refractivity contribution >= 4 is 11.9 Å². The van der Waals surface area contributed by atoms with Gasteiger partial charge in [0.1, 0.15) is 6.04 Å². The molecule has 6 nitrogen and oxygen atoms in total. The summed E-state index contributed by atoms with van der Waals surface area (Å²) in [5.74, 6) is -1.01. The van der Waals surface area contributed by atoms with E-state index >= 15 is 0 Å². The first kappa shape index (κ1) is 34.5. The molecule has 1 aliphatic carbocycles. The summed E-state index contributed by atoms with van der Waals surface area (Å²) in [6, 6.07) is -0.461. The molecule has 222 valence electrons. The summed E-state index contributed by atoms with van der Waals surface area (Å²) in [7, 11) is 0. The van der Waals surface area contributed by atoms with Crippen molar-refractivity contribution in [2.45, 2.75) is 167 Å². The number of amides is 1. The number of nitrogens with two attached hydrogens (primary N) is 1. The van der Waals surface area contributed by atoms with E-state index in [1.165, 1.54) is 83.5 Å². The van der Waals surface area contributed by atoms with E-state index in [2.05, 4.69) is 31.1 Å². The third-order valence-corrected chi connectivity index (χ3v) is 8.37. The molecule has 0 aromatic rings. The number of unbranched alkanes of at least 4 members (excludes halogenated alkanes) is 14. The van der Waals surface area contributed by atoms with Crippen molar-refractivity contribution in [3.05, 3.63) is 12.3 Å². The lowest BCUT2D eigenvalue weighted by molar-refractivity contribution is -0.139. The smallest absolute Gasteiger partial charge is 0.326 e. The van der Waals surface area contributed by atoms with E-state index in [0.29, 0.717) is 18.0 Å². The molecule has 0 radical (unpaired) electrons. The molecule has 0 bridgehead atoms. The zero-order chi connectivity index (χ0) is 28.1. The van der Waals surface area contributed by atoms with Crippen molar-refractivity contribution in [2.24, 2.45) is 11.1 Å². The van der Waals surface area contributed by atoms with Crippen molar-refractivity contribution in [1.29, 1.82) is 0 Å². The molecule has 38 heavy (non-hydrogen) atoms. The maximum atomic E-state index is 12.2. The molecule has 0 aromatic heterocycles. The van der Waals surface area contributed by atoms with Crippen LogP contribution in [0.4, 0.5) is 0 Å². The lowest BCUT2D eigenvalue weighted by atomic mass is 9.94. The largest absolute Gasteiger partial charge is 0.480 e. The summed E-state index contributed by atoms with van der Waals surface area (Å²) in [6.45, 7) is 9.20. The van der Waals surface area contributed by atoms with E-state index in [-0.39, 0.29) is 18.7 Å². The van der Waals surface area contributed by atoms with Crippen LogP contribution in [0.3, 0.4) is 0 Å². The van der Waals surface area contributed by atoms with Gasteiger partial charge in [-0.05, 0) is 50.4 Å². The van der Waals surface area contributed by atoms with Gasteiger partial charge in [0.25, 0.3) is 0 Å². The average molecular weight is 536 g/mol. The third kappa shape index (κ3) is 17.9. The number of carbonyl (C=O) groups is 2. The van der Waals surface area contributed by atoms with E-state index in [4.69, 9.17) is 5.73 Å². The first-order valence-electron chi connectivity index (χ1n) is 16.0. The molecule has 0 spiro atoms. The first-order chi connectivity index (χ1) is 18.3. The summed E-state index contributed by atoms with van der Waals surface area (Å²) >= 11 is 0. The Bertz CT molecular complexity index is 648. The van der Waals surface area contributed by atoms with Gasteiger partial charge >= 0.3 is 5.97 Å². The van der Waals surface area contributed by atoms with Gasteiger partial charge in [-0.3, -0.25) is 4.79 Å². The monoisotopic (exact) mass is 535 g/mol. The Kier molecular flexibility index (Phi) is 19.3. The number of aliphatic carboxylic acids is 1. The van der Waals surface area contributed by atoms with Gasteiger partial charge in [-0.15, -0.1) is 0 Å². The topological polar surface area (TPSA) is 104 Å². The van der Waals surface area contributed by atoms with Gasteiger partial charge in [-0.25, -0.2) is 4.79 Å². The molecular formula is C32H61N3O3. The van der Waals surface area contributed by atoms with Crippen LogP contribution in [0.1, 0.15) is 155 Å². The van der Waals surface area contributed by atoms with Crippen LogP contribution in [0.15, 0.2) is 12.3 Å². The normalized spacial score (nSPS) is 15.6. The quantitative estimate of drug-likeness (QED) is 0.0810. The molecule has 1 saturated carbocycles. The van der Waals surface area contributed by atoms with Crippen LogP contribution in [0.2, 0.25) is 0 Å². The van der Waals surface area contributed by atoms with Crippen molar-refractivity contribution < 1.29 is 14.7 Å². The number of nitrogens with one attached hydrogen (secondary N) is 2. The minimum Gasteiger partial charge on any atom is -0.480 e. The van der Waals surface area contributed by atoms with Crippen LogP contribution < -0.4 is 16.4 Å². The molecule has 0 aliphatic heterocycles. The molecule has 1 aliphatic rings. The van der Waals surface area contributed by atoms with E-state index in [0.717, 1.165) is 50.6 Å². The highest BCUT2D eigenvalue weighted by Crippen LogP contribution is 2.48. The number of carbonyl (C=O) groups excluding carboxylic acids is 1.